The maximum absolute atomic E-state index is 11.9. The first-order valence-corrected chi connectivity index (χ1v) is 7.37. The summed E-state index contributed by atoms with van der Waals surface area (Å²) in [6, 6.07) is 10.6. The van der Waals surface area contributed by atoms with Crippen LogP contribution in [0.25, 0.3) is 0 Å². The van der Waals surface area contributed by atoms with E-state index in [9.17, 15) is 4.79 Å². The van der Waals surface area contributed by atoms with Crippen molar-refractivity contribution >= 4 is 5.78 Å². The highest BCUT2D eigenvalue weighted by Crippen LogP contribution is 2.32. The van der Waals surface area contributed by atoms with Crippen molar-refractivity contribution in [3.63, 3.8) is 0 Å². The van der Waals surface area contributed by atoms with Crippen LogP contribution in [0.5, 0.6) is 0 Å². The number of hydrogen-bond acceptors (Lipinski definition) is 2. The normalized spacial score (nSPS) is 25.6. The maximum atomic E-state index is 11.9. The highest BCUT2D eigenvalue weighted by atomic mass is 16.1. The van der Waals surface area contributed by atoms with Crippen LogP contribution in [-0.4, -0.2) is 11.8 Å². The Morgan fingerprint density at radius 1 is 1.21 bits per heavy atom. The molecule has 0 amide bonds. The second-order valence-corrected chi connectivity index (χ2v) is 6.32. The van der Waals surface area contributed by atoms with Crippen molar-refractivity contribution in [3.8, 4) is 0 Å². The molecule has 2 nitrogen and oxygen atoms in total. The maximum Gasteiger partial charge on any atom is 0.133 e. The first-order chi connectivity index (χ1) is 9.06. The molecule has 104 valence electrons. The second-order valence-electron chi connectivity index (χ2n) is 6.32. The third kappa shape index (κ3) is 3.90. The molecule has 0 bridgehead atoms. The molecule has 19 heavy (non-hydrogen) atoms. The summed E-state index contributed by atoms with van der Waals surface area (Å²) in [5.41, 5.74) is 7.59. The number of Topliss-reactive ketones (excluding diaryl/α,β-unsaturated/α-hetero) is 1. The minimum atomic E-state index is 0.155. The predicted molar refractivity (Wildman–Crippen MR) is 78.8 cm³/mol. The number of benzene rings is 1. The largest absolute Gasteiger partial charge is 0.327 e. The summed E-state index contributed by atoms with van der Waals surface area (Å²) in [6.45, 7) is 4.30. The smallest absolute Gasteiger partial charge is 0.133 e. The van der Waals surface area contributed by atoms with Crippen LogP contribution >= 0.6 is 0 Å². The summed E-state index contributed by atoms with van der Waals surface area (Å²) < 4.78 is 0. The van der Waals surface area contributed by atoms with Crippen LogP contribution in [0, 0.1) is 17.8 Å². The molecule has 1 saturated carbocycles. The lowest BCUT2D eigenvalue weighted by Crippen LogP contribution is -2.40. The van der Waals surface area contributed by atoms with Crippen LogP contribution in [0.3, 0.4) is 0 Å². The van der Waals surface area contributed by atoms with Gasteiger partial charge in [0.25, 0.3) is 0 Å². The van der Waals surface area contributed by atoms with E-state index in [4.69, 9.17) is 5.73 Å². The van der Waals surface area contributed by atoms with Gasteiger partial charge in [-0.25, -0.2) is 0 Å². The van der Waals surface area contributed by atoms with E-state index >= 15 is 0 Å². The summed E-state index contributed by atoms with van der Waals surface area (Å²) in [5, 5.41) is 0. The number of hydrogen-bond donors (Lipinski definition) is 1. The molecule has 0 radical (unpaired) electrons. The Hall–Kier alpha value is -1.15. The van der Waals surface area contributed by atoms with Crippen LogP contribution < -0.4 is 5.73 Å². The molecule has 1 aliphatic rings. The van der Waals surface area contributed by atoms with Crippen molar-refractivity contribution in [3.05, 3.63) is 35.9 Å². The average Bonchev–Trinajstić information content (AvgIpc) is 2.38. The number of carbonyl (C=O) groups excluding carboxylic acids is 1. The first-order valence-electron chi connectivity index (χ1n) is 7.37. The van der Waals surface area contributed by atoms with Crippen molar-refractivity contribution in [2.75, 3.05) is 0 Å². The Morgan fingerprint density at radius 2 is 1.89 bits per heavy atom. The molecular weight excluding hydrogens is 234 g/mol. The molecular formula is C17H25NO. The zero-order valence-corrected chi connectivity index (χ0v) is 12.0. The van der Waals surface area contributed by atoms with Gasteiger partial charge in [0.2, 0.25) is 0 Å². The van der Waals surface area contributed by atoms with E-state index in [0.29, 0.717) is 30.0 Å². The predicted octanol–water partition coefficient (Wildman–Crippen LogP) is 3.20. The van der Waals surface area contributed by atoms with Crippen molar-refractivity contribution in [2.45, 2.75) is 45.6 Å². The molecule has 0 spiro atoms. The average molecular weight is 259 g/mol. The van der Waals surface area contributed by atoms with E-state index < -0.39 is 0 Å². The molecule has 3 atom stereocenters. The van der Waals surface area contributed by atoms with Gasteiger partial charge in [-0.15, -0.1) is 0 Å². The van der Waals surface area contributed by atoms with Crippen molar-refractivity contribution in [2.24, 2.45) is 23.5 Å². The van der Waals surface area contributed by atoms with Gasteiger partial charge in [-0.1, -0.05) is 44.2 Å². The van der Waals surface area contributed by atoms with E-state index in [0.717, 1.165) is 19.3 Å². The van der Waals surface area contributed by atoms with Crippen molar-refractivity contribution in [1.29, 1.82) is 0 Å². The number of nitrogens with two attached hydrogens (primary N) is 1. The van der Waals surface area contributed by atoms with Gasteiger partial charge in [0.1, 0.15) is 5.78 Å². The van der Waals surface area contributed by atoms with Gasteiger partial charge in [-0.3, -0.25) is 4.79 Å². The number of carbonyl (C=O) groups is 1. The molecule has 0 heterocycles. The fourth-order valence-electron chi connectivity index (χ4n) is 3.23. The van der Waals surface area contributed by atoms with Crippen LogP contribution in [0.4, 0.5) is 0 Å². The minimum absolute atomic E-state index is 0.155. The lowest BCUT2D eigenvalue weighted by atomic mass is 9.73. The molecule has 2 rings (SSSR count). The van der Waals surface area contributed by atoms with Crippen LogP contribution in [0.1, 0.15) is 38.7 Å². The Morgan fingerprint density at radius 3 is 2.53 bits per heavy atom. The van der Waals surface area contributed by atoms with Gasteiger partial charge in [0.05, 0.1) is 0 Å². The summed E-state index contributed by atoms with van der Waals surface area (Å²) >= 11 is 0. The van der Waals surface area contributed by atoms with Crippen LogP contribution in [0.15, 0.2) is 30.3 Å². The molecule has 1 aromatic carbocycles. The third-order valence-corrected chi connectivity index (χ3v) is 4.32. The highest BCUT2D eigenvalue weighted by Gasteiger charge is 2.31. The van der Waals surface area contributed by atoms with Crippen molar-refractivity contribution in [1.82, 2.24) is 0 Å². The molecule has 0 saturated heterocycles. The highest BCUT2D eigenvalue weighted by molar-refractivity contribution is 5.79. The summed E-state index contributed by atoms with van der Waals surface area (Å²) in [6.07, 6.45) is 3.52. The number of rotatable bonds is 4. The Labute approximate surface area is 116 Å². The fourth-order valence-corrected chi connectivity index (χ4v) is 3.23. The van der Waals surface area contributed by atoms with E-state index in [1.807, 2.05) is 6.07 Å². The van der Waals surface area contributed by atoms with Gasteiger partial charge in [0, 0.05) is 18.9 Å². The zero-order valence-electron chi connectivity index (χ0n) is 12.0. The van der Waals surface area contributed by atoms with Crippen molar-refractivity contribution < 1.29 is 4.79 Å². The first kappa shape index (κ1) is 14.3. The monoisotopic (exact) mass is 259 g/mol. The summed E-state index contributed by atoms with van der Waals surface area (Å²) in [5.74, 6) is 1.69. The van der Waals surface area contributed by atoms with Gasteiger partial charge >= 0.3 is 0 Å². The Kier molecular flexibility index (Phi) is 4.76. The lowest BCUT2D eigenvalue weighted by molar-refractivity contribution is -0.123. The van der Waals surface area contributed by atoms with Gasteiger partial charge in [0.15, 0.2) is 0 Å². The molecule has 0 aliphatic heterocycles. The van der Waals surface area contributed by atoms with E-state index in [2.05, 4.69) is 38.1 Å². The Bertz CT molecular complexity index is 413. The van der Waals surface area contributed by atoms with Gasteiger partial charge < -0.3 is 5.73 Å². The molecule has 2 heteroatoms. The molecule has 1 fully saturated rings. The third-order valence-electron chi connectivity index (χ3n) is 4.32. The SMILES string of the molecule is CC(C)C(N)C1CC(=O)CC(Cc2ccccc2)C1. The van der Waals surface area contributed by atoms with Crippen LogP contribution in [0.2, 0.25) is 0 Å². The summed E-state index contributed by atoms with van der Waals surface area (Å²) in [4.78, 5) is 11.9. The molecule has 3 unspecified atom stereocenters. The quantitative estimate of drug-likeness (QED) is 0.902. The minimum Gasteiger partial charge on any atom is -0.327 e. The Balaban J connectivity index is 2.00. The standard InChI is InChI=1S/C17H25NO/c1-12(2)17(18)15-9-14(10-16(19)11-15)8-13-6-4-3-5-7-13/h3-7,12,14-15,17H,8-11,18H2,1-2H3. The number of ketones is 1. The molecule has 1 aliphatic carbocycles. The molecule has 2 N–H and O–H groups in total. The zero-order chi connectivity index (χ0) is 13.8. The van der Waals surface area contributed by atoms with E-state index in [1.54, 1.807) is 0 Å². The summed E-state index contributed by atoms with van der Waals surface area (Å²) in [7, 11) is 0. The molecule has 1 aromatic rings. The fraction of sp³-hybridized carbons (Fsp3) is 0.588. The van der Waals surface area contributed by atoms with E-state index in [-0.39, 0.29) is 6.04 Å². The lowest BCUT2D eigenvalue weighted by Gasteiger charge is -2.34. The van der Waals surface area contributed by atoms with Crippen LogP contribution in [-0.2, 0) is 11.2 Å². The molecule has 0 aromatic heterocycles. The van der Waals surface area contributed by atoms with E-state index in [1.165, 1.54) is 5.56 Å². The topological polar surface area (TPSA) is 43.1 Å². The second kappa shape index (κ2) is 6.33. The van der Waals surface area contributed by atoms with Gasteiger partial charge in [-0.2, -0.15) is 0 Å². The van der Waals surface area contributed by atoms with Gasteiger partial charge in [-0.05, 0) is 36.2 Å².